The number of carbonyl (C=O) groups is 1. The van der Waals surface area contributed by atoms with Crippen LogP contribution in [-0.4, -0.2) is 127 Å². The van der Waals surface area contributed by atoms with Gasteiger partial charge in [-0.2, -0.15) is 18.2 Å². The molecule has 1 aliphatic carbocycles. The minimum atomic E-state index is -4.59. The van der Waals surface area contributed by atoms with E-state index in [0.717, 1.165) is 76.8 Å². The van der Waals surface area contributed by atoms with Gasteiger partial charge in [0.1, 0.15) is 11.4 Å². The van der Waals surface area contributed by atoms with Crippen LogP contribution >= 0.6 is 0 Å². The molecule has 47 heavy (non-hydrogen) atoms. The average molecular weight is 656 g/mol. The van der Waals surface area contributed by atoms with Gasteiger partial charge in [-0.1, -0.05) is 0 Å². The molecule has 5 aliphatic heterocycles. The summed E-state index contributed by atoms with van der Waals surface area (Å²) >= 11 is 0. The Labute approximate surface area is 275 Å². The topological polar surface area (TPSA) is 83.1 Å². The number of nitrogens with one attached hydrogen (secondary N) is 2. The molecular weight excluding hydrogens is 607 g/mol. The van der Waals surface area contributed by atoms with Crippen LogP contribution in [0.3, 0.4) is 0 Å². The van der Waals surface area contributed by atoms with E-state index in [9.17, 15) is 18.0 Å². The molecule has 8 rings (SSSR count). The zero-order chi connectivity index (χ0) is 32.5. The number of anilines is 4. The van der Waals surface area contributed by atoms with Gasteiger partial charge in [0.05, 0.1) is 6.54 Å². The van der Waals surface area contributed by atoms with E-state index in [4.69, 9.17) is 0 Å². The van der Waals surface area contributed by atoms with Crippen LogP contribution in [0.15, 0.2) is 24.4 Å². The molecule has 1 aromatic heterocycles. The highest BCUT2D eigenvalue weighted by Crippen LogP contribution is 2.45. The third kappa shape index (κ3) is 7.62. The number of carbonyl (C=O) groups excluding carboxylic acids is 1. The Morgan fingerprint density at radius 2 is 1.64 bits per heavy atom. The summed E-state index contributed by atoms with van der Waals surface area (Å²) in [4.78, 5) is 32.7. The molecule has 0 unspecified atom stereocenters. The van der Waals surface area contributed by atoms with Crippen molar-refractivity contribution in [2.45, 2.75) is 69.1 Å². The van der Waals surface area contributed by atoms with Gasteiger partial charge < -0.3 is 25.3 Å². The van der Waals surface area contributed by atoms with Crippen LogP contribution in [0.5, 0.6) is 0 Å². The second kappa shape index (κ2) is 13.8. The lowest BCUT2D eigenvalue weighted by Gasteiger charge is -2.43. The molecule has 0 radical (unpaired) electrons. The first kappa shape index (κ1) is 32.4. The van der Waals surface area contributed by atoms with Crippen LogP contribution < -0.4 is 15.5 Å². The van der Waals surface area contributed by atoms with Crippen LogP contribution in [0.1, 0.15) is 62.0 Å². The quantitative estimate of drug-likeness (QED) is 0.361. The lowest BCUT2D eigenvalue weighted by atomic mass is 10.0. The van der Waals surface area contributed by atoms with E-state index in [1.165, 1.54) is 37.2 Å². The fraction of sp³-hybridized carbons (Fsp3) is 0.676. The van der Waals surface area contributed by atoms with Gasteiger partial charge in [-0.05, 0) is 94.8 Å². The Balaban J connectivity index is 0.997. The maximum absolute atomic E-state index is 13.9. The molecule has 2 bridgehead atoms. The van der Waals surface area contributed by atoms with Gasteiger partial charge in [0, 0.05) is 82.0 Å². The minimum Gasteiger partial charge on any atom is -0.369 e. The second-order valence-corrected chi connectivity index (χ2v) is 14.1. The molecule has 1 aromatic carbocycles. The first-order valence-electron chi connectivity index (χ1n) is 17.5. The normalized spacial score (nSPS) is 24.9. The highest BCUT2D eigenvalue weighted by molar-refractivity contribution is 5.79. The predicted octanol–water partition coefficient (Wildman–Crippen LogP) is 4.44. The number of benzene rings is 1. The van der Waals surface area contributed by atoms with E-state index in [1.807, 2.05) is 11.0 Å². The molecule has 0 atom stereocenters. The van der Waals surface area contributed by atoms with Crippen molar-refractivity contribution in [2.24, 2.45) is 0 Å². The standard InChI is InChI=1S/C34H48F3N9O/c1-42-13-7-25(8-14-42)44-17-19-45(20-18-44)27-5-6-30(28(21-27)24-3-4-24)40-33-39-22-29(34(35,36)37)32(41-33)38-11-2-12-46-26-9-15-43(16-10-26)23-31(46)47/h5-6,21-22,24-26H,2-4,7-20,23H2,1H3,(H2,38,39,40,41). The first-order valence-corrected chi connectivity index (χ1v) is 17.5. The zero-order valence-corrected chi connectivity index (χ0v) is 27.4. The van der Waals surface area contributed by atoms with Gasteiger partial charge in [0.25, 0.3) is 0 Å². The molecule has 6 heterocycles. The fourth-order valence-corrected chi connectivity index (χ4v) is 7.84. The Morgan fingerprint density at radius 3 is 2.34 bits per heavy atom. The molecule has 13 heteroatoms. The summed E-state index contributed by atoms with van der Waals surface area (Å²) in [5, 5.41) is 6.17. The summed E-state index contributed by atoms with van der Waals surface area (Å²) in [5.74, 6) is 0.437. The van der Waals surface area contributed by atoms with Crippen molar-refractivity contribution in [3.05, 3.63) is 35.5 Å². The van der Waals surface area contributed by atoms with E-state index in [-0.39, 0.29) is 30.3 Å². The number of hydrogen-bond acceptors (Lipinski definition) is 9. The van der Waals surface area contributed by atoms with E-state index in [2.05, 4.69) is 59.4 Å². The molecule has 2 N–H and O–H groups in total. The largest absolute Gasteiger partial charge is 0.421 e. The Kier molecular flexibility index (Phi) is 9.48. The van der Waals surface area contributed by atoms with Crippen molar-refractivity contribution >= 4 is 29.0 Å². The number of piperidine rings is 2. The molecule has 10 nitrogen and oxygen atoms in total. The lowest BCUT2D eigenvalue weighted by Crippen LogP contribution is -2.53. The van der Waals surface area contributed by atoms with Crippen molar-refractivity contribution in [1.29, 1.82) is 0 Å². The number of amides is 1. The van der Waals surface area contributed by atoms with E-state index in [1.54, 1.807) is 0 Å². The number of fused-ring (bicyclic) bond motifs is 4. The van der Waals surface area contributed by atoms with E-state index >= 15 is 0 Å². The zero-order valence-electron chi connectivity index (χ0n) is 27.4. The van der Waals surface area contributed by atoms with Gasteiger partial charge in [-0.15, -0.1) is 0 Å². The number of rotatable bonds is 10. The molecule has 5 saturated heterocycles. The molecule has 0 spiro atoms. The smallest absolute Gasteiger partial charge is 0.369 e. The van der Waals surface area contributed by atoms with Gasteiger partial charge in [-0.3, -0.25) is 14.6 Å². The highest BCUT2D eigenvalue weighted by Gasteiger charge is 2.36. The number of hydrogen-bond donors (Lipinski definition) is 2. The maximum atomic E-state index is 13.9. The first-order chi connectivity index (χ1) is 22.7. The van der Waals surface area contributed by atoms with Crippen molar-refractivity contribution in [1.82, 2.24) is 29.6 Å². The fourth-order valence-electron chi connectivity index (χ4n) is 7.84. The maximum Gasteiger partial charge on any atom is 0.421 e. The monoisotopic (exact) mass is 655 g/mol. The molecule has 6 fully saturated rings. The number of nitrogens with zero attached hydrogens (tertiary/aromatic N) is 7. The van der Waals surface area contributed by atoms with E-state index in [0.29, 0.717) is 31.5 Å². The number of piperazine rings is 1. The minimum absolute atomic E-state index is 0.113. The number of likely N-dealkylation sites (tertiary alicyclic amines) is 1. The van der Waals surface area contributed by atoms with Crippen LogP contribution in [0.2, 0.25) is 0 Å². The van der Waals surface area contributed by atoms with Gasteiger partial charge in [0.2, 0.25) is 11.9 Å². The summed E-state index contributed by atoms with van der Waals surface area (Å²) < 4.78 is 41.8. The van der Waals surface area contributed by atoms with Gasteiger partial charge in [-0.25, -0.2) is 4.98 Å². The van der Waals surface area contributed by atoms with Gasteiger partial charge >= 0.3 is 6.18 Å². The predicted molar refractivity (Wildman–Crippen MR) is 177 cm³/mol. The summed E-state index contributed by atoms with van der Waals surface area (Å²) in [6.07, 6.45) is 3.39. The van der Waals surface area contributed by atoms with Crippen LogP contribution in [-0.2, 0) is 11.0 Å². The Bertz CT molecular complexity index is 1400. The van der Waals surface area contributed by atoms with Crippen molar-refractivity contribution in [3.63, 3.8) is 0 Å². The van der Waals surface area contributed by atoms with Crippen molar-refractivity contribution < 1.29 is 18.0 Å². The van der Waals surface area contributed by atoms with Crippen molar-refractivity contribution in [2.75, 3.05) is 94.6 Å². The number of alkyl halides is 3. The SMILES string of the molecule is CN1CCC(N2CCN(c3ccc(Nc4ncc(C(F)(F)F)c(NCCCN5C(=O)CN6CCC5CC6)n4)c(C4CC4)c3)CC2)CC1. The summed E-state index contributed by atoms with van der Waals surface area (Å²) in [7, 11) is 2.20. The third-order valence-corrected chi connectivity index (χ3v) is 10.8. The third-order valence-electron chi connectivity index (χ3n) is 10.8. The summed E-state index contributed by atoms with van der Waals surface area (Å²) in [6.45, 7) is 9.54. The Hall–Kier alpha value is -3.16. The van der Waals surface area contributed by atoms with Crippen LogP contribution in [0.4, 0.5) is 36.3 Å². The number of aromatic nitrogens is 2. The van der Waals surface area contributed by atoms with Crippen molar-refractivity contribution in [3.8, 4) is 0 Å². The molecule has 256 valence electrons. The average Bonchev–Trinajstić information content (AvgIpc) is 3.93. The second-order valence-electron chi connectivity index (χ2n) is 14.1. The van der Waals surface area contributed by atoms with Crippen LogP contribution in [0.25, 0.3) is 0 Å². The highest BCUT2D eigenvalue weighted by atomic mass is 19.4. The van der Waals surface area contributed by atoms with Crippen LogP contribution in [0, 0.1) is 0 Å². The molecule has 1 amide bonds. The summed E-state index contributed by atoms with van der Waals surface area (Å²) in [5.41, 5.74) is 2.32. The lowest BCUT2D eigenvalue weighted by molar-refractivity contribution is -0.137. The summed E-state index contributed by atoms with van der Waals surface area (Å²) in [6, 6.07) is 7.30. The molecule has 2 aromatic rings. The molecule has 1 saturated carbocycles. The van der Waals surface area contributed by atoms with E-state index < -0.39 is 11.7 Å². The Morgan fingerprint density at radius 1 is 0.915 bits per heavy atom. The van der Waals surface area contributed by atoms with Gasteiger partial charge in [0.15, 0.2) is 0 Å². The molecule has 6 aliphatic rings. The molecular formula is C34H48F3N9O. The number of halogens is 3.